The Morgan fingerprint density at radius 2 is 1.81 bits per heavy atom. The number of carbonyl (C=O) groups excluding carboxylic acids is 1. The minimum absolute atomic E-state index is 0.0261. The lowest BCUT2D eigenvalue weighted by Crippen LogP contribution is -2.10. The smallest absolute Gasteiger partial charge is 0.154 e. The summed E-state index contributed by atoms with van der Waals surface area (Å²) < 4.78 is 5.37. The van der Waals surface area contributed by atoms with Crippen molar-refractivity contribution >= 4 is 5.78 Å². The SMILES string of the molecule is CCCCCCCC(=O)C(C#N)c1ccc(OCC)cc1. The second-order valence-corrected chi connectivity index (χ2v) is 5.19. The van der Waals surface area contributed by atoms with Crippen LogP contribution in [0.2, 0.25) is 0 Å². The van der Waals surface area contributed by atoms with E-state index in [1.165, 1.54) is 19.3 Å². The van der Waals surface area contributed by atoms with Crippen LogP contribution in [-0.4, -0.2) is 12.4 Å². The first-order valence-corrected chi connectivity index (χ1v) is 7.88. The van der Waals surface area contributed by atoms with Gasteiger partial charge in [0.1, 0.15) is 11.7 Å². The second-order valence-electron chi connectivity index (χ2n) is 5.19. The summed E-state index contributed by atoms with van der Waals surface area (Å²) in [6.07, 6.45) is 6.03. The maximum atomic E-state index is 12.2. The van der Waals surface area contributed by atoms with E-state index >= 15 is 0 Å². The minimum Gasteiger partial charge on any atom is -0.494 e. The van der Waals surface area contributed by atoms with Crippen LogP contribution >= 0.6 is 0 Å². The first-order chi connectivity index (χ1) is 10.2. The lowest BCUT2D eigenvalue weighted by atomic mass is 9.93. The van der Waals surface area contributed by atoms with E-state index in [9.17, 15) is 10.1 Å². The molecule has 1 rings (SSSR count). The predicted molar refractivity (Wildman–Crippen MR) is 84.3 cm³/mol. The van der Waals surface area contributed by atoms with Gasteiger partial charge in [-0.3, -0.25) is 4.79 Å². The molecule has 0 aliphatic heterocycles. The highest BCUT2D eigenvalue weighted by Gasteiger charge is 2.19. The number of carbonyl (C=O) groups is 1. The van der Waals surface area contributed by atoms with Crippen molar-refractivity contribution in [2.24, 2.45) is 0 Å². The molecule has 0 bridgehead atoms. The van der Waals surface area contributed by atoms with Gasteiger partial charge in [0.25, 0.3) is 0 Å². The number of ketones is 1. The van der Waals surface area contributed by atoms with Gasteiger partial charge < -0.3 is 4.74 Å². The number of ether oxygens (including phenoxy) is 1. The van der Waals surface area contributed by atoms with Crippen LogP contribution in [0.3, 0.4) is 0 Å². The summed E-state index contributed by atoms with van der Waals surface area (Å²) in [6.45, 7) is 4.70. The number of benzene rings is 1. The topological polar surface area (TPSA) is 50.1 Å². The summed E-state index contributed by atoms with van der Waals surface area (Å²) in [4.78, 5) is 12.2. The van der Waals surface area contributed by atoms with Crippen molar-refractivity contribution in [1.29, 1.82) is 5.26 Å². The molecule has 3 nitrogen and oxygen atoms in total. The fourth-order valence-electron chi connectivity index (χ4n) is 2.30. The molecule has 1 unspecified atom stereocenters. The quantitative estimate of drug-likeness (QED) is 0.590. The van der Waals surface area contributed by atoms with E-state index < -0.39 is 5.92 Å². The van der Waals surface area contributed by atoms with E-state index in [2.05, 4.69) is 13.0 Å². The van der Waals surface area contributed by atoms with Crippen LogP contribution in [0.4, 0.5) is 0 Å². The number of rotatable bonds is 10. The van der Waals surface area contributed by atoms with Gasteiger partial charge in [0, 0.05) is 6.42 Å². The summed E-state index contributed by atoms with van der Waals surface area (Å²) in [7, 11) is 0. The molecule has 0 aliphatic rings. The van der Waals surface area contributed by atoms with Gasteiger partial charge in [0.05, 0.1) is 12.7 Å². The molecular weight excluding hydrogens is 262 g/mol. The standard InChI is InChI=1S/C18H25NO2/c1-3-5-6-7-8-9-18(20)17(14-19)15-10-12-16(13-11-15)21-4-2/h10-13,17H,3-9H2,1-2H3. The lowest BCUT2D eigenvalue weighted by molar-refractivity contribution is -0.119. The summed E-state index contributed by atoms with van der Waals surface area (Å²) in [5.74, 6) is 0.148. The van der Waals surface area contributed by atoms with Gasteiger partial charge in [-0.25, -0.2) is 0 Å². The van der Waals surface area contributed by atoms with Crippen molar-refractivity contribution in [3.05, 3.63) is 29.8 Å². The molecule has 0 radical (unpaired) electrons. The van der Waals surface area contributed by atoms with Crippen LogP contribution in [0.5, 0.6) is 5.75 Å². The van der Waals surface area contributed by atoms with Gasteiger partial charge in [0.2, 0.25) is 0 Å². The highest BCUT2D eigenvalue weighted by molar-refractivity contribution is 5.88. The fourth-order valence-corrected chi connectivity index (χ4v) is 2.30. The molecule has 0 aromatic heterocycles. The van der Waals surface area contributed by atoms with Crippen LogP contribution in [0.15, 0.2) is 24.3 Å². The third kappa shape index (κ3) is 5.99. The van der Waals surface area contributed by atoms with Gasteiger partial charge in [-0.2, -0.15) is 5.26 Å². The zero-order chi connectivity index (χ0) is 15.5. The average molecular weight is 287 g/mol. The first-order valence-electron chi connectivity index (χ1n) is 7.88. The number of hydrogen-bond donors (Lipinski definition) is 0. The molecule has 0 saturated heterocycles. The van der Waals surface area contributed by atoms with Gasteiger partial charge in [0.15, 0.2) is 5.78 Å². The molecule has 0 heterocycles. The molecule has 0 N–H and O–H groups in total. The molecule has 1 atom stereocenters. The normalized spacial score (nSPS) is 11.7. The van der Waals surface area contributed by atoms with Crippen LogP contribution in [0.25, 0.3) is 0 Å². The molecule has 0 fully saturated rings. The van der Waals surface area contributed by atoms with E-state index in [0.717, 1.165) is 24.2 Å². The number of nitriles is 1. The highest BCUT2D eigenvalue weighted by atomic mass is 16.5. The molecule has 0 aliphatic carbocycles. The highest BCUT2D eigenvalue weighted by Crippen LogP contribution is 2.22. The summed E-state index contributed by atoms with van der Waals surface area (Å²) in [5, 5.41) is 9.26. The number of nitrogens with zero attached hydrogens (tertiary/aromatic N) is 1. The lowest BCUT2D eigenvalue weighted by Gasteiger charge is -2.10. The molecule has 1 aromatic carbocycles. The van der Waals surface area contributed by atoms with Crippen molar-refractivity contribution in [3.8, 4) is 11.8 Å². The third-order valence-corrected chi connectivity index (χ3v) is 3.50. The monoisotopic (exact) mass is 287 g/mol. The Morgan fingerprint density at radius 3 is 2.38 bits per heavy atom. The molecule has 3 heteroatoms. The van der Waals surface area contributed by atoms with Crippen molar-refractivity contribution in [1.82, 2.24) is 0 Å². The Morgan fingerprint density at radius 1 is 1.14 bits per heavy atom. The van der Waals surface area contributed by atoms with E-state index in [0.29, 0.717) is 13.0 Å². The zero-order valence-electron chi connectivity index (χ0n) is 13.1. The van der Waals surface area contributed by atoms with Crippen molar-refractivity contribution in [2.45, 2.75) is 58.3 Å². The van der Waals surface area contributed by atoms with Gasteiger partial charge in [-0.15, -0.1) is 0 Å². The average Bonchev–Trinajstić information content (AvgIpc) is 2.50. The fraction of sp³-hybridized carbons (Fsp3) is 0.556. The van der Waals surface area contributed by atoms with Gasteiger partial charge >= 0.3 is 0 Å². The Balaban J connectivity index is 2.53. The largest absolute Gasteiger partial charge is 0.494 e. The predicted octanol–water partition coefficient (Wildman–Crippen LogP) is 4.62. The molecular formula is C18H25NO2. The molecule has 0 saturated carbocycles. The number of Topliss-reactive ketones (excluding diaryl/α,β-unsaturated/α-hetero) is 1. The van der Waals surface area contributed by atoms with E-state index in [-0.39, 0.29) is 5.78 Å². The van der Waals surface area contributed by atoms with E-state index in [4.69, 9.17) is 4.74 Å². The van der Waals surface area contributed by atoms with Crippen LogP contribution in [-0.2, 0) is 4.79 Å². The summed E-state index contributed by atoms with van der Waals surface area (Å²) in [5.41, 5.74) is 0.763. The second kappa shape index (κ2) is 9.99. The van der Waals surface area contributed by atoms with E-state index in [1.807, 2.05) is 31.2 Å². The number of unbranched alkanes of at least 4 members (excludes halogenated alkanes) is 4. The maximum Gasteiger partial charge on any atom is 0.154 e. The summed E-state index contributed by atoms with van der Waals surface area (Å²) >= 11 is 0. The third-order valence-electron chi connectivity index (χ3n) is 3.50. The van der Waals surface area contributed by atoms with E-state index in [1.54, 1.807) is 0 Å². The Bertz CT molecular complexity index is 459. The van der Waals surface area contributed by atoms with Crippen molar-refractivity contribution < 1.29 is 9.53 Å². The zero-order valence-corrected chi connectivity index (χ0v) is 13.1. The van der Waals surface area contributed by atoms with Gasteiger partial charge in [-0.1, -0.05) is 44.7 Å². The van der Waals surface area contributed by atoms with Crippen LogP contribution < -0.4 is 4.74 Å². The van der Waals surface area contributed by atoms with Gasteiger partial charge in [-0.05, 0) is 31.0 Å². The minimum atomic E-state index is -0.646. The van der Waals surface area contributed by atoms with Crippen LogP contribution in [0.1, 0.15) is 63.9 Å². The summed E-state index contributed by atoms with van der Waals surface area (Å²) in [6, 6.07) is 9.39. The first kappa shape index (κ1) is 17.2. The van der Waals surface area contributed by atoms with Crippen molar-refractivity contribution in [3.63, 3.8) is 0 Å². The Kier molecular flexibility index (Phi) is 8.19. The number of hydrogen-bond acceptors (Lipinski definition) is 3. The molecule has 0 spiro atoms. The molecule has 0 amide bonds. The maximum absolute atomic E-state index is 12.2. The molecule has 114 valence electrons. The van der Waals surface area contributed by atoms with Crippen molar-refractivity contribution in [2.75, 3.05) is 6.61 Å². The Hall–Kier alpha value is -1.82. The molecule has 1 aromatic rings. The Labute approximate surface area is 127 Å². The molecule has 21 heavy (non-hydrogen) atoms. The van der Waals surface area contributed by atoms with Crippen LogP contribution in [0, 0.1) is 11.3 Å².